The smallest absolute Gasteiger partial charge is 0.407 e. The second-order valence-corrected chi connectivity index (χ2v) is 9.59. The number of aromatic amines is 1. The summed E-state index contributed by atoms with van der Waals surface area (Å²) in [6.07, 6.45) is 4.92. The van der Waals surface area contributed by atoms with Crippen LogP contribution >= 0.6 is 0 Å². The summed E-state index contributed by atoms with van der Waals surface area (Å²) >= 11 is 0. The number of rotatable bonds is 8. The summed E-state index contributed by atoms with van der Waals surface area (Å²) in [4.78, 5) is 16.5. The number of ether oxygens (including phenoxy) is 3. The Morgan fingerprint density at radius 1 is 1.31 bits per heavy atom. The highest BCUT2D eigenvalue weighted by Gasteiger charge is 2.30. The molecule has 1 aliphatic heterocycles. The van der Waals surface area contributed by atoms with Gasteiger partial charge in [-0.2, -0.15) is 10.2 Å². The number of anilines is 2. The molecule has 1 aliphatic carbocycles. The molecule has 11 heteroatoms. The van der Waals surface area contributed by atoms with Crippen molar-refractivity contribution in [1.29, 1.82) is 0 Å². The van der Waals surface area contributed by atoms with E-state index in [0.29, 0.717) is 13.2 Å². The number of aromatic nitrogens is 5. The van der Waals surface area contributed by atoms with E-state index in [2.05, 4.69) is 30.9 Å². The van der Waals surface area contributed by atoms with E-state index in [-0.39, 0.29) is 30.3 Å². The van der Waals surface area contributed by atoms with Gasteiger partial charge < -0.3 is 24.8 Å². The van der Waals surface area contributed by atoms with Crippen molar-refractivity contribution in [1.82, 2.24) is 30.3 Å². The Morgan fingerprint density at radius 3 is 3.00 bits per heavy atom. The number of aryl methyl sites for hydroxylation is 1. The van der Waals surface area contributed by atoms with Crippen LogP contribution in [-0.4, -0.2) is 62.5 Å². The Bertz CT molecular complexity index is 1170. The molecule has 1 amide bonds. The fourth-order valence-corrected chi connectivity index (χ4v) is 4.81. The number of carbonyl (C=O) groups is 1. The van der Waals surface area contributed by atoms with Gasteiger partial charge in [0.1, 0.15) is 22.8 Å². The van der Waals surface area contributed by atoms with Gasteiger partial charge in [0.2, 0.25) is 0 Å². The Balaban J connectivity index is 1.24. The zero-order chi connectivity index (χ0) is 24.4. The minimum Gasteiger partial charge on any atom is -0.446 e. The Morgan fingerprint density at radius 2 is 2.20 bits per heavy atom. The van der Waals surface area contributed by atoms with Gasteiger partial charge in [0, 0.05) is 43.6 Å². The van der Waals surface area contributed by atoms with E-state index in [1.807, 2.05) is 37.7 Å². The maximum absolute atomic E-state index is 11.9. The lowest BCUT2D eigenvalue weighted by Crippen LogP contribution is -2.33. The number of carbonyl (C=O) groups excluding carboxylic acids is 1. The van der Waals surface area contributed by atoms with Gasteiger partial charge in [-0.1, -0.05) is 0 Å². The van der Waals surface area contributed by atoms with Crippen LogP contribution in [0.4, 0.5) is 16.3 Å². The molecule has 1 saturated carbocycles. The maximum atomic E-state index is 11.9. The number of H-pyrrole nitrogens is 1. The first kappa shape index (κ1) is 23.6. The summed E-state index contributed by atoms with van der Waals surface area (Å²) in [5, 5.41) is 18.5. The van der Waals surface area contributed by atoms with Crippen molar-refractivity contribution in [3.05, 3.63) is 29.7 Å². The largest absolute Gasteiger partial charge is 0.446 e. The number of amides is 1. The van der Waals surface area contributed by atoms with E-state index in [1.54, 1.807) is 6.20 Å². The highest BCUT2D eigenvalue weighted by Crippen LogP contribution is 2.36. The molecule has 0 aromatic carbocycles. The zero-order valence-electron chi connectivity index (χ0n) is 20.4. The van der Waals surface area contributed by atoms with Gasteiger partial charge in [0.05, 0.1) is 25.0 Å². The Kier molecular flexibility index (Phi) is 6.87. The number of nitrogens with one attached hydrogen (secondary N) is 3. The highest BCUT2D eigenvalue weighted by atomic mass is 16.6. The normalized spacial score (nSPS) is 22.2. The molecule has 0 radical (unpaired) electrons. The van der Waals surface area contributed by atoms with E-state index < -0.39 is 0 Å². The van der Waals surface area contributed by atoms with Crippen LogP contribution in [0.3, 0.4) is 0 Å². The molecule has 0 spiro atoms. The predicted molar refractivity (Wildman–Crippen MR) is 130 cm³/mol. The predicted octanol–water partition coefficient (Wildman–Crippen LogP) is 3.51. The van der Waals surface area contributed by atoms with Crippen molar-refractivity contribution in [2.24, 2.45) is 7.05 Å². The molecule has 2 fully saturated rings. The summed E-state index contributed by atoms with van der Waals surface area (Å²) < 4.78 is 18.7. The molecular formula is C24H33N7O4. The quantitative estimate of drug-likeness (QED) is 0.444. The number of hydrogen-bond donors (Lipinski definition) is 3. The second-order valence-electron chi connectivity index (χ2n) is 9.59. The minimum absolute atomic E-state index is 0.0607. The number of hydrogen-bond acceptors (Lipinski definition) is 8. The van der Waals surface area contributed by atoms with E-state index in [1.165, 1.54) is 0 Å². The molecule has 5 rings (SSSR count). The van der Waals surface area contributed by atoms with Gasteiger partial charge in [-0.15, -0.1) is 0 Å². The van der Waals surface area contributed by atoms with Crippen LogP contribution in [0.1, 0.15) is 56.8 Å². The number of pyridine rings is 1. The lowest BCUT2D eigenvalue weighted by atomic mass is 10.0. The third-order valence-electron chi connectivity index (χ3n) is 6.50. The first-order chi connectivity index (χ1) is 17.0. The SMILES string of the molecule is CC(C)NC(=O)O[C@@H]1CC[C@H](c2cc(Nc3ccnc4c(COC5CCOC5)nn(C)c34)n[nH]2)C1. The van der Waals surface area contributed by atoms with Gasteiger partial charge in [0.25, 0.3) is 0 Å². The van der Waals surface area contributed by atoms with Crippen LogP contribution in [0, 0.1) is 0 Å². The van der Waals surface area contributed by atoms with Crippen molar-refractivity contribution < 1.29 is 19.0 Å². The molecule has 2 aliphatic rings. The van der Waals surface area contributed by atoms with Gasteiger partial charge in [0.15, 0.2) is 5.82 Å². The molecule has 1 saturated heterocycles. The summed E-state index contributed by atoms with van der Waals surface area (Å²) in [5.41, 5.74) is 4.41. The zero-order valence-corrected chi connectivity index (χ0v) is 20.4. The molecule has 3 aromatic rings. The van der Waals surface area contributed by atoms with Gasteiger partial charge in [-0.05, 0) is 45.6 Å². The molecule has 11 nitrogen and oxygen atoms in total. The Hall–Kier alpha value is -3.18. The fraction of sp³-hybridized carbons (Fsp3) is 0.583. The maximum Gasteiger partial charge on any atom is 0.407 e. The van der Waals surface area contributed by atoms with Gasteiger partial charge in [-0.25, -0.2) is 4.79 Å². The van der Waals surface area contributed by atoms with Crippen molar-refractivity contribution >= 4 is 28.6 Å². The summed E-state index contributed by atoms with van der Waals surface area (Å²) in [5.74, 6) is 0.990. The van der Waals surface area contributed by atoms with Crippen LogP contribution in [0.25, 0.3) is 11.0 Å². The van der Waals surface area contributed by atoms with Crippen molar-refractivity contribution in [3.63, 3.8) is 0 Å². The van der Waals surface area contributed by atoms with Crippen molar-refractivity contribution in [3.8, 4) is 0 Å². The second kappa shape index (κ2) is 10.2. The van der Waals surface area contributed by atoms with Crippen LogP contribution in [0.15, 0.2) is 18.3 Å². The number of alkyl carbamates (subject to hydrolysis) is 1. The molecule has 3 N–H and O–H groups in total. The van der Waals surface area contributed by atoms with Gasteiger partial charge in [-0.3, -0.25) is 14.8 Å². The first-order valence-corrected chi connectivity index (χ1v) is 12.3. The average Bonchev–Trinajstić information content (AvgIpc) is 3.60. The van der Waals surface area contributed by atoms with Crippen LogP contribution in [0.5, 0.6) is 0 Å². The summed E-state index contributed by atoms with van der Waals surface area (Å²) in [6, 6.07) is 4.00. The molecular weight excluding hydrogens is 450 g/mol. The third kappa shape index (κ3) is 5.40. The molecule has 1 unspecified atom stereocenters. The van der Waals surface area contributed by atoms with E-state index >= 15 is 0 Å². The molecule has 0 bridgehead atoms. The minimum atomic E-state index is -0.350. The molecule has 4 heterocycles. The highest BCUT2D eigenvalue weighted by molar-refractivity contribution is 5.91. The summed E-state index contributed by atoms with van der Waals surface area (Å²) in [6.45, 7) is 5.61. The monoisotopic (exact) mass is 483 g/mol. The van der Waals surface area contributed by atoms with Crippen LogP contribution < -0.4 is 10.6 Å². The van der Waals surface area contributed by atoms with Crippen LogP contribution in [-0.2, 0) is 27.9 Å². The summed E-state index contributed by atoms with van der Waals surface area (Å²) in [7, 11) is 1.90. The van der Waals surface area contributed by atoms with Gasteiger partial charge >= 0.3 is 6.09 Å². The van der Waals surface area contributed by atoms with E-state index in [0.717, 1.165) is 66.2 Å². The van der Waals surface area contributed by atoms with Crippen molar-refractivity contribution in [2.45, 2.75) is 70.3 Å². The fourth-order valence-electron chi connectivity index (χ4n) is 4.81. The number of nitrogens with zero attached hydrogens (tertiary/aromatic N) is 4. The molecule has 35 heavy (non-hydrogen) atoms. The average molecular weight is 484 g/mol. The molecule has 3 atom stereocenters. The van der Waals surface area contributed by atoms with E-state index in [4.69, 9.17) is 14.2 Å². The standard InChI is InChI=1S/C24H33N7O4/c1-14(2)26-24(32)35-16-5-4-15(10-16)19-11-21(29-28-19)27-18-6-8-25-22-20(30-31(3)23(18)22)13-34-17-7-9-33-12-17/h6,8,11,14-17H,4-5,7,9-10,12-13H2,1-3H3,(H,26,32)(H2,25,27,28,29)/t15-,16+,17?/m0/s1. The first-order valence-electron chi connectivity index (χ1n) is 12.3. The third-order valence-corrected chi connectivity index (χ3v) is 6.50. The van der Waals surface area contributed by atoms with Crippen LogP contribution in [0.2, 0.25) is 0 Å². The lowest BCUT2D eigenvalue weighted by molar-refractivity contribution is 0.0304. The van der Waals surface area contributed by atoms with Crippen molar-refractivity contribution in [2.75, 3.05) is 18.5 Å². The van der Waals surface area contributed by atoms with E-state index in [9.17, 15) is 4.79 Å². The molecule has 188 valence electrons. The topological polar surface area (TPSA) is 128 Å². The molecule has 3 aromatic heterocycles. The Labute approximate surface area is 203 Å². The number of fused-ring (bicyclic) bond motifs is 1. The lowest BCUT2D eigenvalue weighted by Gasteiger charge is -2.14.